The summed E-state index contributed by atoms with van der Waals surface area (Å²) in [5.41, 5.74) is 1.14. The summed E-state index contributed by atoms with van der Waals surface area (Å²) in [5.74, 6) is 0. The Bertz CT molecular complexity index is 442. The van der Waals surface area contributed by atoms with Gasteiger partial charge in [-0.25, -0.2) is 0 Å². The summed E-state index contributed by atoms with van der Waals surface area (Å²) in [6.07, 6.45) is 1.38. The van der Waals surface area contributed by atoms with Crippen LogP contribution in [-0.2, 0) is 30.3 Å². The lowest BCUT2D eigenvalue weighted by Crippen LogP contribution is -2.37. The summed E-state index contributed by atoms with van der Waals surface area (Å²) in [6, 6.07) is 10.1. The second kappa shape index (κ2) is 12.1. The standard InChI is InChI=1S/C18H27NO5/c1-2-18-19(16-17-6-4-3-5-7-17)24-15-13-22-11-9-20-8-10-21-12-14-23-18/h2-7,18H,1,8-16H2. The van der Waals surface area contributed by atoms with Crippen molar-refractivity contribution in [1.29, 1.82) is 0 Å². The predicted octanol–water partition coefficient (Wildman–Crippen LogP) is 2.01. The van der Waals surface area contributed by atoms with E-state index in [2.05, 4.69) is 18.7 Å². The van der Waals surface area contributed by atoms with E-state index in [1.807, 2.05) is 18.2 Å². The maximum atomic E-state index is 5.86. The maximum absolute atomic E-state index is 5.86. The Hall–Kier alpha value is -1.28. The predicted molar refractivity (Wildman–Crippen MR) is 90.3 cm³/mol. The Morgan fingerprint density at radius 1 is 0.875 bits per heavy atom. The molecule has 1 heterocycles. The van der Waals surface area contributed by atoms with E-state index in [0.717, 1.165) is 5.56 Å². The monoisotopic (exact) mass is 337 g/mol. The first kappa shape index (κ1) is 19.1. The molecule has 1 saturated heterocycles. The lowest BCUT2D eigenvalue weighted by molar-refractivity contribution is -0.250. The minimum absolute atomic E-state index is 0.352. The molecule has 1 aromatic rings. The van der Waals surface area contributed by atoms with E-state index in [1.54, 1.807) is 11.1 Å². The van der Waals surface area contributed by atoms with Crippen molar-refractivity contribution in [3.63, 3.8) is 0 Å². The van der Waals surface area contributed by atoms with Crippen molar-refractivity contribution in [2.45, 2.75) is 12.8 Å². The van der Waals surface area contributed by atoms with Gasteiger partial charge in [0.05, 0.1) is 59.4 Å². The minimum Gasteiger partial charge on any atom is -0.377 e. The van der Waals surface area contributed by atoms with E-state index in [4.69, 9.17) is 23.8 Å². The Balaban J connectivity index is 1.93. The molecule has 0 spiro atoms. The van der Waals surface area contributed by atoms with Gasteiger partial charge in [-0.3, -0.25) is 4.84 Å². The van der Waals surface area contributed by atoms with Crippen LogP contribution in [0.4, 0.5) is 0 Å². The summed E-state index contributed by atoms with van der Waals surface area (Å²) in [4.78, 5) is 5.86. The van der Waals surface area contributed by atoms with Crippen LogP contribution in [0, 0.1) is 0 Å². The maximum Gasteiger partial charge on any atom is 0.152 e. The summed E-state index contributed by atoms with van der Waals surface area (Å²) < 4.78 is 22.2. The smallest absolute Gasteiger partial charge is 0.152 e. The molecule has 0 bridgehead atoms. The van der Waals surface area contributed by atoms with Crippen molar-refractivity contribution >= 4 is 0 Å². The third-order valence-electron chi connectivity index (χ3n) is 3.41. The second-order valence-corrected chi connectivity index (χ2v) is 5.23. The van der Waals surface area contributed by atoms with E-state index < -0.39 is 0 Å². The van der Waals surface area contributed by atoms with Crippen molar-refractivity contribution in [3.8, 4) is 0 Å². The van der Waals surface area contributed by atoms with Crippen molar-refractivity contribution in [2.24, 2.45) is 0 Å². The molecule has 6 heteroatoms. The van der Waals surface area contributed by atoms with E-state index in [0.29, 0.717) is 59.4 Å². The fraction of sp³-hybridized carbons (Fsp3) is 0.556. The number of rotatable bonds is 3. The molecule has 0 N–H and O–H groups in total. The minimum atomic E-state index is -0.352. The molecule has 6 nitrogen and oxygen atoms in total. The molecule has 1 atom stereocenters. The lowest BCUT2D eigenvalue weighted by atomic mass is 10.2. The van der Waals surface area contributed by atoms with Gasteiger partial charge in [0.2, 0.25) is 0 Å². The van der Waals surface area contributed by atoms with Crippen LogP contribution in [-0.4, -0.2) is 64.1 Å². The van der Waals surface area contributed by atoms with Gasteiger partial charge < -0.3 is 18.9 Å². The molecule has 0 aromatic heterocycles. The van der Waals surface area contributed by atoms with Crippen LogP contribution in [0.25, 0.3) is 0 Å². The average Bonchev–Trinajstić information content (AvgIpc) is 2.62. The largest absolute Gasteiger partial charge is 0.377 e. The van der Waals surface area contributed by atoms with Crippen molar-refractivity contribution in [3.05, 3.63) is 48.6 Å². The van der Waals surface area contributed by atoms with Crippen LogP contribution < -0.4 is 0 Å². The van der Waals surface area contributed by atoms with E-state index in [9.17, 15) is 0 Å². The van der Waals surface area contributed by atoms with Crippen LogP contribution >= 0.6 is 0 Å². The number of nitrogens with zero attached hydrogens (tertiary/aromatic N) is 1. The third-order valence-corrected chi connectivity index (χ3v) is 3.41. The van der Waals surface area contributed by atoms with Gasteiger partial charge in [0, 0.05) is 0 Å². The molecule has 0 aliphatic carbocycles. The normalized spacial score (nSPS) is 23.1. The number of hydrogen-bond acceptors (Lipinski definition) is 6. The second-order valence-electron chi connectivity index (χ2n) is 5.23. The summed E-state index contributed by atoms with van der Waals surface area (Å²) in [7, 11) is 0. The Morgan fingerprint density at radius 3 is 2.08 bits per heavy atom. The van der Waals surface area contributed by atoms with Gasteiger partial charge in [0.1, 0.15) is 0 Å². The zero-order chi connectivity index (χ0) is 16.9. The first-order chi connectivity index (χ1) is 11.9. The molecule has 1 unspecified atom stereocenters. The summed E-state index contributed by atoms with van der Waals surface area (Å²) >= 11 is 0. The molecule has 0 amide bonds. The van der Waals surface area contributed by atoms with Crippen molar-refractivity contribution in [1.82, 2.24) is 5.06 Å². The molecular formula is C18H27NO5. The topological polar surface area (TPSA) is 49.4 Å². The van der Waals surface area contributed by atoms with Crippen LogP contribution in [0.2, 0.25) is 0 Å². The molecular weight excluding hydrogens is 310 g/mol. The van der Waals surface area contributed by atoms with Crippen molar-refractivity contribution in [2.75, 3.05) is 52.9 Å². The molecule has 0 saturated carbocycles. The van der Waals surface area contributed by atoms with Crippen LogP contribution in [0.3, 0.4) is 0 Å². The number of benzene rings is 1. The highest BCUT2D eigenvalue weighted by Crippen LogP contribution is 2.11. The van der Waals surface area contributed by atoms with Crippen LogP contribution in [0.15, 0.2) is 43.0 Å². The van der Waals surface area contributed by atoms with Crippen LogP contribution in [0.1, 0.15) is 5.56 Å². The molecule has 24 heavy (non-hydrogen) atoms. The molecule has 1 aliphatic heterocycles. The zero-order valence-electron chi connectivity index (χ0n) is 14.1. The van der Waals surface area contributed by atoms with Gasteiger partial charge in [-0.05, 0) is 11.6 Å². The molecule has 1 fully saturated rings. The Kier molecular flexibility index (Phi) is 9.63. The Labute approximate surface area is 143 Å². The lowest BCUT2D eigenvalue weighted by Gasteiger charge is -2.28. The number of hydrogen-bond donors (Lipinski definition) is 0. The van der Waals surface area contributed by atoms with Crippen LogP contribution in [0.5, 0.6) is 0 Å². The van der Waals surface area contributed by atoms with Gasteiger partial charge in [0.15, 0.2) is 6.23 Å². The first-order valence-corrected chi connectivity index (χ1v) is 8.31. The van der Waals surface area contributed by atoms with E-state index in [1.165, 1.54) is 0 Å². The highest BCUT2D eigenvalue weighted by Gasteiger charge is 2.17. The fourth-order valence-electron chi connectivity index (χ4n) is 2.22. The van der Waals surface area contributed by atoms with Gasteiger partial charge in [-0.15, -0.1) is 0 Å². The zero-order valence-corrected chi connectivity index (χ0v) is 14.1. The molecule has 2 rings (SSSR count). The number of hydroxylamine groups is 2. The SMILES string of the molecule is C=CC1OCCOCCOCCOCCON1Cc1ccccc1. The first-order valence-electron chi connectivity index (χ1n) is 8.31. The third kappa shape index (κ3) is 7.53. The fourth-order valence-corrected chi connectivity index (χ4v) is 2.22. The van der Waals surface area contributed by atoms with Gasteiger partial charge in [-0.1, -0.05) is 36.9 Å². The summed E-state index contributed by atoms with van der Waals surface area (Å²) in [5, 5.41) is 1.78. The van der Waals surface area contributed by atoms with E-state index in [-0.39, 0.29) is 6.23 Å². The molecule has 134 valence electrons. The van der Waals surface area contributed by atoms with E-state index >= 15 is 0 Å². The van der Waals surface area contributed by atoms with Gasteiger partial charge in [-0.2, -0.15) is 5.06 Å². The highest BCUT2D eigenvalue weighted by molar-refractivity contribution is 5.14. The van der Waals surface area contributed by atoms with Crippen molar-refractivity contribution < 1.29 is 23.8 Å². The average molecular weight is 337 g/mol. The van der Waals surface area contributed by atoms with Gasteiger partial charge >= 0.3 is 0 Å². The van der Waals surface area contributed by atoms with Gasteiger partial charge in [0.25, 0.3) is 0 Å². The highest BCUT2D eigenvalue weighted by atomic mass is 16.7. The number of ether oxygens (including phenoxy) is 4. The quantitative estimate of drug-likeness (QED) is 0.787. The molecule has 1 aliphatic rings. The molecule has 1 aromatic carbocycles. The summed E-state index contributed by atoms with van der Waals surface area (Å²) in [6.45, 7) is 8.56. The molecule has 0 radical (unpaired) electrons. The Morgan fingerprint density at radius 2 is 1.46 bits per heavy atom.